The Bertz CT molecular complexity index is 2490. The van der Waals surface area contributed by atoms with E-state index >= 15 is 0 Å². The maximum Gasteiger partial charge on any atom is 0.0546 e. The van der Waals surface area contributed by atoms with Crippen LogP contribution in [-0.2, 0) is 5.41 Å². The van der Waals surface area contributed by atoms with Gasteiger partial charge in [0.25, 0.3) is 0 Å². The summed E-state index contributed by atoms with van der Waals surface area (Å²) in [7, 11) is 0. The average molecular weight is 640 g/mol. The van der Waals surface area contributed by atoms with E-state index in [1.54, 1.807) is 0 Å². The van der Waals surface area contributed by atoms with Crippen LogP contribution >= 0.6 is 0 Å². The molecule has 0 radical (unpaired) electrons. The molecule has 8 aromatic rings. The van der Waals surface area contributed by atoms with E-state index in [1.807, 2.05) is 0 Å². The van der Waals surface area contributed by atoms with E-state index in [9.17, 15) is 0 Å². The highest BCUT2D eigenvalue weighted by molar-refractivity contribution is 6.06. The number of benzene rings is 8. The van der Waals surface area contributed by atoms with Crippen LogP contribution in [0.1, 0.15) is 25.0 Å². The molecule has 1 aliphatic carbocycles. The Morgan fingerprint density at radius 2 is 1.02 bits per heavy atom. The van der Waals surface area contributed by atoms with Crippen LogP contribution in [0.15, 0.2) is 188 Å². The van der Waals surface area contributed by atoms with Crippen LogP contribution in [0, 0.1) is 0 Å². The molecule has 0 N–H and O–H groups in total. The number of para-hydroxylation sites is 1. The highest BCUT2D eigenvalue weighted by atomic mass is 15.1. The normalized spacial score (nSPS) is 12.8. The smallest absolute Gasteiger partial charge is 0.0546 e. The molecule has 0 atom stereocenters. The second-order valence-corrected chi connectivity index (χ2v) is 13.7. The van der Waals surface area contributed by atoms with E-state index in [1.165, 1.54) is 66.4 Å². The molecule has 9 rings (SSSR count). The molecule has 1 nitrogen and oxygen atoms in total. The Labute approximate surface area is 294 Å². The summed E-state index contributed by atoms with van der Waals surface area (Å²) >= 11 is 0. The first-order chi connectivity index (χ1) is 24.6. The topological polar surface area (TPSA) is 3.24 Å². The highest BCUT2D eigenvalue weighted by Gasteiger charge is 2.37. The summed E-state index contributed by atoms with van der Waals surface area (Å²) in [5, 5.41) is 2.46. The van der Waals surface area contributed by atoms with Gasteiger partial charge in [-0.1, -0.05) is 166 Å². The molecule has 8 aromatic carbocycles. The lowest BCUT2D eigenvalue weighted by Crippen LogP contribution is -2.17. The fourth-order valence-corrected chi connectivity index (χ4v) is 8.01. The van der Waals surface area contributed by atoms with Gasteiger partial charge in [0.1, 0.15) is 0 Å². The lowest BCUT2D eigenvalue weighted by molar-refractivity contribution is 0.660. The van der Waals surface area contributed by atoms with Crippen LogP contribution < -0.4 is 4.90 Å². The third kappa shape index (κ3) is 4.94. The summed E-state index contributed by atoms with van der Waals surface area (Å²) in [6.45, 7) is 4.75. The molecule has 238 valence electrons. The minimum absolute atomic E-state index is 0.163. The van der Waals surface area contributed by atoms with Gasteiger partial charge in [-0.25, -0.2) is 0 Å². The third-order valence-corrected chi connectivity index (χ3v) is 10.4. The molecule has 0 amide bonds. The number of nitrogens with zero attached hydrogens (tertiary/aromatic N) is 1. The molecular formula is C49H37N. The monoisotopic (exact) mass is 639 g/mol. The van der Waals surface area contributed by atoms with E-state index in [0.29, 0.717) is 0 Å². The van der Waals surface area contributed by atoms with Gasteiger partial charge in [0.2, 0.25) is 0 Å². The predicted octanol–water partition coefficient (Wildman–Crippen LogP) is 13.6. The number of hydrogen-bond acceptors (Lipinski definition) is 1. The third-order valence-electron chi connectivity index (χ3n) is 10.4. The summed E-state index contributed by atoms with van der Waals surface area (Å²) in [5.41, 5.74) is 16.0. The van der Waals surface area contributed by atoms with Crippen molar-refractivity contribution in [2.45, 2.75) is 19.3 Å². The van der Waals surface area contributed by atoms with Gasteiger partial charge in [0.15, 0.2) is 0 Å². The molecule has 1 aliphatic rings. The van der Waals surface area contributed by atoms with Crippen LogP contribution in [0.2, 0.25) is 0 Å². The van der Waals surface area contributed by atoms with Crippen LogP contribution in [0.3, 0.4) is 0 Å². The fraction of sp³-hybridized carbons (Fsp3) is 0.0612. The first-order valence-electron chi connectivity index (χ1n) is 17.4. The Hall–Kier alpha value is -6.18. The van der Waals surface area contributed by atoms with Gasteiger partial charge >= 0.3 is 0 Å². The van der Waals surface area contributed by atoms with E-state index in [4.69, 9.17) is 0 Å². The SMILES string of the molecule is CC1(C)c2cc(N(c3ccccc3)c3ccc4ccccc4c3-c3cccc(-c4ccccc4)c3)ccc2-c2c(-c3ccccc3)cccc21. The molecule has 0 saturated carbocycles. The first kappa shape index (κ1) is 29.9. The van der Waals surface area contributed by atoms with Crippen LogP contribution in [0.5, 0.6) is 0 Å². The van der Waals surface area contributed by atoms with Gasteiger partial charge in [-0.3, -0.25) is 0 Å². The maximum atomic E-state index is 2.45. The Kier molecular flexibility index (Phi) is 7.21. The van der Waals surface area contributed by atoms with Gasteiger partial charge in [0, 0.05) is 22.4 Å². The molecule has 0 fully saturated rings. The fourth-order valence-electron chi connectivity index (χ4n) is 8.01. The summed E-state index contributed by atoms with van der Waals surface area (Å²) in [4.78, 5) is 2.45. The Morgan fingerprint density at radius 1 is 0.380 bits per heavy atom. The van der Waals surface area contributed by atoms with E-state index in [0.717, 1.165) is 17.1 Å². The summed E-state index contributed by atoms with van der Waals surface area (Å²) in [5.74, 6) is 0. The van der Waals surface area contributed by atoms with Crippen molar-refractivity contribution in [2.75, 3.05) is 4.90 Å². The second kappa shape index (κ2) is 12.1. The molecule has 0 heterocycles. The molecule has 0 saturated heterocycles. The molecule has 0 aliphatic heterocycles. The van der Waals surface area contributed by atoms with Crippen molar-refractivity contribution < 1.29 is 0 Å². The molecule has 50 heavy (non-hydrogen) atoms. The zero-order valence-electron chi connectivity index (χ0n) is 28.3. The number of rotatable bonds is 6. The Morgan fingerprint density at radius 3 is 1.80 bits per heavy atom. The van der Waals surface area contributed by atoms with Gasteiger partial charge in [-0.2, -0.15) is 0 Å². The van der Waals surface area contributed by atoms with Crippen molar-refractivity contribution >= 4 is 27.8 Å². The second-order valence-electron chi connectivity index (χ2n) is 13.7. The van der Waals surface area contributed by atoms with Crippen molar-refractivity contribution in [1.82, 2.24) is 0 Å². The van der Waals surface area contributed by atoms with Crippen molar-refractivity contribution in [3.05, 3.63) is 199 Å². The summed E-state index contributed by atoms with van der Waals surface area (Å²) in [6.07, 6.45) is 0. The largest absolute Gasteiger partial charge is 0.310 e. The predicted molar refractivity (Wildman–Crippen MR) is 213 cm³/mol. The zero-order valence-corrected chi connectivity index (χ0v) is 28.3. The lowest BCUT2D eigenvalue weighted by atomic mass is 9.81. The van der Waals surface area contributed by atoms with Gasteiger partial charge in [-0.15, -0.1) is 0 Å². The van der Waals surface area contributed by atoms with E-state index in [-0.39, 0.29) is 5.41 Å². The van der Waals surface area contributed by atoms with Crippen LogP contribution in [0.4, 0.5) is 17.1 Å². The summed E-state index contributed by atoms with van der Waals surface area (Å²) < 4.78 is 0. The van der Waals surface area contributed by atoms with Crippen molar-refractivity contribution in [3.8, 4) is 44.5 Å². The van der Waals surface area contributed by atoms with Gasteiger partial charge in [-0.05, 0) is 97.2 Å². The molecular weight excluding hydrogens is 603 g/mol. The average Bonchev–Trinajstić information content (AvgIpc) is 3.41. The number of anilines is 3. The Balaban J connectivity index is 1.27. The van der Waals surface area contributed by atoms with E-state index in [2.05, 4.69) is 207 Å². The van der Waals surface area contributed by atoms with Crippen LogP contribution in [0.25, 0.3) is 55.3 Å². The minimum Gasteiger partial charge on any atom is -0.310 e. The van der Waals surface area contributed by atoms with Crippen LogP contribution in [-0.4, -0.2) is 0 Å². The van der Waals surface area contributed by atoms with Gasteiger partial charge in [0.05, 0.1) is 5.69 Å². The lowest BCUT2D eigenvalue weighted by Gasteiger charge is -2.30. The molecule has 0 bridgehead atoms. The zero-order chi connectivity index (χ0) is 33.7. The molecule has 1 heteroatoms. The first-order valence-corrected chi connectivity index (χ1v) is 17.4. The highest BCUT2D eigenvalue weighted by Crippen LogP contribution is 2.54. The molecule has 0 unspecified atom stereocenters. The molecule has 0 spiro atoms. The maximum absolute atomic E-state index is 2.45. The van der Waals surface area contributed by atoms with Gasteiger partial charge < -0.3 is 4.90 Å². The molecule has 0 aromatic heterocycles. The minimum atomic E-state index is -0.163. The van der Waals surface area contributed by atoms with Crippen molar-refractivity contribution in [3.63, 3.8) is 0 Å². The summed E-state index contributed by atoms with van der Waals surface area (Å²) in [6, 6.07) is 68.6. The van der Waals surface area contributed by atoms with Crippen molar-refractivity contribution in [2.24, 2.45) is 0 Å². The number of hydrogen-bond donors (Lipinski definition) is 0. The quantitative estimate of drug-likeness (QED) is 0.175. The van der Waals surface area contributed by atoms with E-state index < -0.39 is 0 Å². The number of fused-ring (bicyclic) bond motifs is 4. The standard InChI is InChI=1S/C49H37N/c1-49(2)44-27-15-26-42(35-18-8-4-9-19-35)48(44)43-30-29-40(33-45(43)49)50(39-23-10-5-11-24-39)46-31-28-36-20-12-13-25-41(36)47(46)38-22-14-21-37(32-38)34-16-6-3-7-17-34/h3-33H,1-2H3. The van der Waals surface area contributed by atoms with Crippen molar-refractivity contribution in [1.29, 1.82) is 0 Å².